The zero-order valence-corrected chi connectivity index (χ0v) is 19.7. The quantitative estimate of drug-likeness (QED) is 0.535. The number of hydrogen-bond acceptors (Lipinski definition) is 4. The monoisotopic (exact) mass is 464 g/mol. The molecule has 1 saturated carbocycles. The summed E-state index contributed by atoms with van der Waals surface area (Å²) in [4.78, 5) is 36.8. The van der Waals surface area contributed by atoms with E-state index in [1.165, 1.54) is 0 Å². The topological polar surface area (TPSA) is 105 Å². The van der Waals surface area contributed by atoms with Crippen molar-refractivity contribution in [1.29, 1.82) is 0 Å². The number of fused-ring (bicyclic) bond motifs is 3. The highest BCUT2D eigenvalue weighted by Crippen LogP contribution is 2.44. The Morgan fingerprint density at radius 3 is 2.12 bits per heavy atom. The SMILES string of the molecule is CC(C)(CC(=O)NCC1(C(=O)O)CCCC1)NC(=O)OCC1c2ccccc2-c2ccccc21. The van der Waals surface area contributed by atoms with Gasteiger partial charge in [-0.1, -0.05) is 61.4 Å². The van der Waals surface area contributed by atoms with Crippen LogP contribution in [0, 0.1) is 5.41 Å². The van der Waals surface area contributed by atoms with Crippen LogP contribution in [-0.2, 0) is 14.3 Å². The van der Waals surface area contributed by atoms with Crippen LogP contribution in [0.1, 0.15) is 63.0 Å². The fraction of sp³-hybridized carbons (Fsp3) is 0.444. The van der Waals surface area contributed by atoms with Crippen LogP contribution in [0.3, 0.4) is 0 Å². The van der Waals surface area contributed by atoms with E-state index in [1.54, 1.807) is 13.8 Å². The maximum absolute atomic E-state index is 12.6. The second-order valence-corrected chi connectivity index (χ2v) is 10.1. The zero-order chi connectivity index (χ0) is 24.3. The smallest absolute Gasteiger partial charge is 0.407 e. The predicted octanol–water partition coefficient (Wildman–Crippen LogP) is 4.46. The number of nitrogens with one attached hydrogen (secondary N) is 2. The lowest BCUT2D eigenvalue weighted by Crippen LogP contribution is -2.49. The Hall–Kier alpha value is -3.35. The Morgan fingerprint density at radius 1 is 1.00 bits per heavy atom. The molecular formula is C27H32N2O5. The van der Waals surface area contributed by atoms with Gasteiger partial charge in [-0.15, -0.1) is 0 Å². The molecule has 0 bridgehead atoms. The van der Waals surface area contributed by atoms with Gasteiger partial charge in [0.1, 0.15) is 6.61 Å². The number of carboxylic acid groups (broad SMARTS) is 1. The molecule has 0 spiro atoms. The van der Waals surface area contributed by atoms with Crippen LogP contribution in [0.15, 0.2) is 48.5 Å². The average molecular weight is 465 g/mol. The van der Waals surface area contributed by atoms with Gasteiger partial charge in [-0.2, -0.15) is 0 Å². The molecule has 2 aliphatic rings. The van der Waals surface area contributed by atoms with Gasteiger partial charge in [0.15, 0.2) is 0 Å². The summed E-state index contributed by atoms with van der Waals surface area (Å²) < 4.78 is 5.59. The normalized spacial score (nSPS) is 16.4. The Kier molecular flexibility index (Phi) is 6.64. The van der Waals surface area contributed by atoms with Crippen molar-refractivity contribution < 1.29 is 24.2 Å². The molecule has 0 heterocycles. The highest BCUT2D eigenvalue weighted by molar-refractivity contribution is 5.81. The van der Waals surface area contributed by atoms with Gasteiger partial charge in [0.2, 0.25) is 5.91 Å². The molecule has 2 aromatic carbocycles. The third-order valence-corrected chi connectivity index (χ3v) is 7.02. The number of carbonyl (C=O) groups is 3. The van der Waals surface area contributed by atoms with Crippen molar-refractivity contribution in [2.75, 3.05) is 13.2 Å². The van der Waals surface area contributed by atoms with Crippen molar-refractivity contribution in [2.24, 2.45) is 5.41 Å². The van der Waals surface area contributed by atoms with E-state index >= 15 is 0 Å². The number of amides is 2. The summed E-state index contributed by atoms with van der Waals surface area (Å²) in [6, 6.07) is 16.3. The molecule has 7 heteroatoms. The molecular weight excluding hydrogens is 432 g/mol. The van der Waals surface area contributed by atoms with Crippen LogP contribution in [0.2, 0.25) is 0 Å². The minimum atomic E-state index is -0.875. The number of hydrogen-bond donors (Lipinski definition) is 3. The standard InChI is InChI=1S/C27H32N2O5/c1-26(2,15-23(30)28-17-27(24(31)32)13-7-8-14-27)29-25(33)34-16-22-20-11-5-3-9-18(20)19-10-4-6-12-21(19)22/h3-6,9-12,22H,7-8,13-17H2,1-2H3,(H,28,30)(H,29,33)(H,31,32). The maximum Gasteiger partial charge on any atom is 0.407 e. The number of carboxylic acids is 1. The van der Waals surface area contributed by atoms with Crippen molar-refractivity contribution in [3.63, 3.8) is 0 Å². The first-order chi connectivity index (χ1) is 16.2. The van der Waals surface area contributed by atoms with Crippen molar-refractivity contribution >= 4 is 18.0 Å². The Balaban J connectivity index is 1.30. The van der Waals surface area contributed by atoms with Gasteiger partial charge >= 0.3 is 12.1 Å². The minimum Gasteiger partial charge on any atom is -0.481 e. The number of alkyl carbamates (subject to hydrolysis) is 1. The summed E-state index contributed by atoms with van der Waals surface area (Å²) in [7, 11) is 0. The van der Waals surface area contributed by atoms with Crippen LogP contribution in [0.5, 0.6) is 0 Å². The molecule has 2 aliphatic carbocycles. The summed E-state index contributed by atoms with van der Waals surface area (Å²) in [5.74, 6) is -1.19. The lowest BCUT2D eigenvalue weighted by molar-refractivity contribution is -0.148. The lowest BCUT2D eigenvalue weighted by atomic mass is 9.86. The summed E-state index contributed by atoms with van der Waals surface area (Å²) in [5, 5.41) is 15.1. The number of aliphatic carboxylic acids is 1. The fourth-order valence-corrected chi connectivity index (χ4v) is 5.20. The minimum absolute atomic E-state index is 0.0207. The number of rotatable bonds is 8. The molecule has 4 rings (SSSR count). The molecule has 2 aromatic rings. The van der Waals surface area contributed by atoms with Crippen molar-refractivity contribution in [2.45, 2.75) is 57.4 Å². The molecule has 0 saturated heterocycles. The van der Waals surface area contributed by atoms with Gasteiger partial charge in [0.25, 0.3) is 0 Å². The second-order valence-electron chi connectivity index (χ2n) is 10.1. The molecule has 0 unspecified atom stereocenters. The molecule has 180 valence electrons. The predicted molar refractivity (Wildman–Crippen MR) is 128 cm³/mol. The van der Waals surface area contributed by atoms with Crippen LogP contribution < -0.4 is 10.6 Å². The van der Waals surface area contributed by atoms with E-state index in [9.17, 15) is 19.5 Å². The molecule has 34 heavy (non-hydrogen) atoms. The van der Waals surface area contributed by atoms with Gasteiger partial charge in [-0.05, 0) is 48.9 Å². The van der Waals surface area contributed by atoms with E-state index in [0.717, 1.165) is 35.1 Å². The van der Waals surface area contributed by atoms with E-state index in [4.69, 9.17) is 4.74 Å². The van der Waals surface area contributed by atoms with Crippen LogP contribution in [0.4, 0.5) is 4.79 Å². The number of ether oxygens (including phenoxy) is 1. The van der Waals surface area contributed by atoms with Gasteiger partial charge < -0.3 is 20.5 Å². The van der Waals surface area contributed by atoms with Crippen LogP contribution >= 0.6 is 0 Å². The van der Waals surface area contributed by atoms with E-state index in [2.05, 4.69) is 34.9 Å². The summed E-state index contributed by atoms with van der Waals surface area (Å²) in [5.41, 5.74) is 2.86. The van der Waals surface area contributed by atoms with Crippen molar-refractivity contribution in [1.82, 2.24) is 10.6 Å². The highest BCUT2D eigenvalue weighted by Gasteiger charge is 2.41. The average Bonchev–Trinajstić information content (AvgIpc) is 3.40. The Bertz CT molecular complexity index is 1040. The Labute approximate surface area is 199 Å². The number of benzene rings is 2. The highest BCUT2D eigenvalue weighted by atomic mass is 16.5. The summed E-state index contributed by atoms with van der Waals surface area (Å²) in [6.45, 7) is 3.80. The third kappa shape index (κ3) is 4.93. The first kappa shape index (κ1) is 23.8. The fourth-order valence-electron chi connectivity index (χ4n) is 5.20. The van der Waals surface area contributed by atoms with Gasteiger partial charge in [-0.3, -0.25) is 9.59 Å². The molecule has 1 fully saturated rings. The van der Waals surface area contributed by atoms with Gasteiger partial charge in [0, 0.05) is 24.4 Å². The first-order valence-electron chi connectivity index (χ1n) is 11.8. The van der Waals surface area contributed by atoms with Crippen molar-refractivity contribution in [3.8, 4) is 11.1 Å². The molecule has 3 N–H and O–H groups in total. The third-order valence-electron chi connectivity index (χ3n) is 7.02. The molecule has 0 aliphatic heterocycles. The lowest BCUT2D eigenvalue weighted by Gasteiger charge is -2.28. The van der Waals surface area contributed by atoms with Crippen LogP contribution in [0.25, 0.3) is 11.1 Å². The summed E-state index contributed by atoms with van der Waals surface area (Å²) >= 11 is 0. The maximum atomic E-state index is 12.6. The Morgan fingerprint density at radius 2 is 1.56 bits per heavy atom. The van der Waals surface area contributed by atoms with E-state index in [1.807, 2.05) is 24.3 Å². The van der Waals surface area contributed by atoms with Crippen molar-refractivity contribution in [3.05, 3.63) is 59.7 Å². The number of carbonyl (C=O) groups excluding carboxylic acids is 2. The van der Waals surface area contributed by atoms with Crippen LogP contribution in [-0.4, -0.2) is 41.8 Å². The zero-order valence-electron chi connectivity index (χ0n) is 19.7. The summed E-state index contributed by atoms with van der Waals surface area (Å²) in [6.07, 6.45) is 2.30. The van der Waals surface area contributed by atoms with Gasteiger partial charge in [0.05, 0.1) is 5.41 Å². The molecule has 0 aromatic heterocycles. The van der Waals surface area contributed by atoms with Gasteiger partial charge in [-0.25, -0.2) is 4.79 Å². The molecule has 0 radical (unpaired) electrons. The van der Waals surface area contributed by atoms with E-state index in [-0.39, 0.29) is 31.4 Å². The van der Waals surface area contributed by atoms with E-state index < -0.39 is 23.0 Å². The molecule has 0 atom stereocenters. The second kappa shape index (κ2) is 9.49. The first-order valence-corrected chi connectivity index (χ1v) is 11.8. The molecule has 7 nitrogen and oxygen atoms in total. The van der Waals surface area contributed by atoms with E-state index in [0.29, 0.717) is 12.8 Å². The molecule has 2 amide bonds. The largest absolute Gasteiger partial charge is 0.481 e.